The second-order valence-electron chi connectivity index (χ2n) is 4.31. The molecule has 0 aliphatic carbocycles. The van der Waals surface area contributed by atoms with E-state index in [-0.39, 0.29) is 10.6 Å². The molecule has 0 heterocycles. The third-order valence-corrected chi connectivity index (χ3v) is 4.03. The number of rotatable bonds is 4. The quantitative estimate of drug-likeness (QED) is 0.925. The van der Waals surface area contributed by atoms with Crippen LogP contribution in [0.4, 0.5) is 18.9 Å². The van der Waals surface area contributed by atoms with E-state index in [1.165, 1.54) is 24.3 Å². The van der Waals surface area contributed by atoms with Crippen molar-refractivity contribution in [3.8, 4) is 11.8 Å². The van der Waals surface area contributed by atoms with Gasteiger partial charge in [0.1, 0.15) is 5.75 Å². The van der Waals surface area contributed by atoms with E-state index in [1.807, 2.05) is 6.07 Å². The fourth-order valence-electron chi connectivity index (χ4n) is 1.65. The molecule has 2 aromatic carbocycles. The van der Waals surface area contributed by atoms with Crippen molar-refractivity contribution in [3.63, 3.8) is 0 Å². The Kier molecular flexibility index (Phi) is 4.47. The van der Waals surface area contributed by atoms with Crippen molar-refractivity contribution >= 4 is 15.7 Å². The summed E-state index contributed by atoms with van der Waals surface area (Å²) in [6, 6.07) is 11.3. The van der Waals surface area contributed by atoms with E-state index in [9.17, 15) is 21.6 Å². The number of anilines is 1. The van der Waals surface area contributed by atoms with E-state index in [2.05, 4.69) is 9.46 Å². The molecule has 0 amide bonds. The predicted octanol–water partition coefficient (Wildman–Crippen LogP) is 3.26. The number of ether oxygens (including phenoxy) is 1. The molecule has 0 fully saturated rings. The summed E-state index contributed by atoms with van der Waals surface area (Å²) >= 11 is 0. The van der Waals surface area contributed by atoms with Crippen molar-refractivity contribution in [2.75, 3.05) is 4.72 Å². The second-order valence-corrected chi connectivity index (χ2v) is 6.00. The molecule has 0 spiro atoms. The first-order valence-corrected chi connectivity index (χ1v) is 7.57. The molecule has 0 radical (unpaired) electrons. The van der Waals surface area contributed by atoms with Crippen molar-refractivity contribution < 1.29 is 26.3 Å². The minimum atomic E-state index is -4.85. The molecule has 23 heavy (non-hydrogen) atoms. The molecule has 0 bridgehead atoms. The zero-order valence-corrected chi connectivity index (χ0v) is 12.1. The average molecular weight is 342 g/mol. The van der Waals surface area contributed by atoms with E-state index in [0.717, 1.165) is 24.3 Å². The number of nitrogens with zero attached hydrogens (tertiary/aromatic N) is 1. The first kappa shape index (κ1) is 16.6. The van der Waals surface area contributed by atoms with Crippen LogP contribution in [-0.4, -0.2) is 14.8 Å². The molecule has 120 valence electrons. The maximum atomic E-state index is 12.1. The highest BCUT2D eigenvalue weighted by atomic mass is 32.2. The van der Waals surface area contributed by atoms with Gasteiger partial charge >= 0.3 is 6.36 Å². The van der Waals surface area contributed by atoms with Gasteiger partial charge in [-0.1, -0.05) is 0 Å². The van der Waals surface area contributed by atoms with Crippen molar-refractivity contribution in [2.45, 2.75) is 11.3 Å². The van der Waals surface area contributed by atoms with Gasteiger partial charge in [-0.15, -0.1) is 13.2 Å². The molecule has 0 aromatic heterocycles. The number of benzene rings is 2. The summed E-state index contributed by atoms with van der Waals surface area (Å²) < 4.78 is 66.3. The molecular formula is C14H9F3N2O3S. The molecule has 0 atom stereocenters. The topological polar surface area (TPSA) is 79.2 Å². The number of hydrogen-bond acceptors (Lipinski definition) is 4. The first-order valence-electron chi connectivity index (χ1n) is 6.08. The van der Waals surface area contributed by atoms with E-state index in [1.54, 1.807) is 0 Å². The number of alkyl halides is 3. The van der Waals surface area contributed by atoms with Gasteiger partial charge in [-0.2, -0.15) is 5.26 Å². The van der Waals surface area contributed by atoms with Gasteiger partial charge < -0.3 is 4.74 Å². The van der Waals surface area contributed by atoms with Gasteiger partial charge in [0, 0.05) is 5.69 Å². The number of sulfonamides is 1. The summed E-state index contributed by atoms with van der Waals surface area (Å²) in [4.78, 5) is -0.226. The van der Waals surface area contributed by atoms with E-state index in [0.29, 0.717) is 5.56 Å². The normalized spacial score (nSPS) is 11.6. The molecule has 9 heteroatoms. The highest BCUT2D eigenvalue weighted by Crippen LogP contribution is 2.24. The van der Waals surface area contributed by atoms with Crippen molar-refractivity contribution in [1.82, 2.24) is 0 Å². The molecule has 0 aliphatic rings. The molecule has 0 aliphatic heterocycles. The lowest BCUT2D eigenvalue weighted by molar-refractivity contribution is -0.274. The van der Waals surface area contributed by atoms with Crippen LogP contribution >= 0.6 is 0 Å². The fourth-order valence-corrected chi connectivity index (χ4v) is 2.71. The Morgan fingerprint density at radius 3 is 2.04 bits per heavy atom. The summed E-state index contributed by atoms with van der Waals surface area (Å²) in [5, 5.41) is 8.67. The van der Waals surface area contributed by atoms with E-state index >= 15 is 0 Å². The third-order valence-electron chi connectivity index (χ3n) is 2.63. The summed E-state index contributed by atoms with van der Waals surface area (Å²) in [7, 11) is -3.96. The molecule has 5 nitrogen and oxygen atoms in total. The van der Waals surface area contributed by atoms with Gasteiger partial charge in [0.2, 0.25) is 0 Å². The van der Waals surface area contributed by atoms with Crippen LogP contribution in [0.25, 0.3) is 0 Å². The van der Waals surface area contributed by atoms with Crippen molar-refractivity contribution in [3.05, 3.63) is 54.1 Å². The molecule has 1 N–H and O–H groups in total. The fraction of sp³-hybridized carbons (Fsp3) is 0.0714. The van der Waals surface area contributed by atoms with Gasteiger partial charge in [-0.3, -0.25) is 4.72 Å². The number of halogens is 3. The Morgan fingerprint density at radius 1 is 1.00 bits per heavy atom. The van der Waals surface area contributed by atoms with Gasteiger partial charge in [0.05, 0.1) is 16.5 Å². The highest BCUT2D eigenvalue weighted by molar-refractivity contribution is 7.92. The highest BCUT2D eigenvalue weighted by Gasteiger charge is 2.31. The number of hydrogen-bond donors (Lipinski definition) is 1. The Labute approximate surface area is 130 Å². The standard InChI is InChI=1S/C14H9F3N2O3S/c15-14(16,17)22-12-5-7-13(8-6-12)23(20,21)19-11-3-1-10(9-18)2-4-11/h1-8,19H. The van der Waals surface area contributed by atoms with Gasteiger partial charge in [0.15, 0.2) is 0 Å². The third kappa shape index (κ3) is 4.62. The molecule has 2 aromatic rings. The summed E-state index contributed by atoms with van der Waals surface area (Å²) in [5.41, 5.74) is 0.584. The van der Waals surface area contributed by atoms with Gasteiger partial charge in [-0.25, -0.2) is 8.42 Å². The summed E-state index contributed by atoms with van der Waals surface area (Å²) in [6.45, 7) is 0. The zero-order valence-electron chi connectivity index (χ0n) is 11.3. The van der Waals surface area contributed by atoms with Crippen LogP contribution in [0.2, 0.25) is 0 Å². The molecule has 2 rings (SSSR count). The lowest BCUT2D eigenvalue weighted by Gasteiger charge is -2.10. The average Bonchev–Trinajstić information content (AvgIpc) is 2.46. The number of nitrogens with one attached hydrogen (secondary N) is 1. The van der Waals surface area contributed by atoms with Crippen LogP contribution < -0.4 is 9.46 Å². The number of nitriles is 1. The largest absolute Gasteiger partial charge is 0.573 e. The lowest BCUT2D eigenvalue weighted by Crippen LogP contribution is -2.17. The second kappa shape index (κ2) is 6.18. The summed E-state index contributed by atoms with van der Waals surface area (Å²) in [6.07, 6.45) is -4.85. The minimum absolute atomic E-state index is 0.222. The SMILES string of the molecule is N#Cc1ccc(NS(=O)(=O)c2ccc(OC(F)(F)F)cc2)cc1. The van der Waals surface area contributed by atoms with E-state index in [4.69, 9.17) is 5.26 Å². The van der Waals surface area contributed by atoms with Gasteiger partial charge in [0.25, 0.3) is 10.0 Å². The Balaban J connectivity index is 2.17. The summed E-state index contributed by atoms with van der Waals surface area (Å²) in [5.74, 6) is -0.519. The van der Waals surface area contributed by atoms with E-state index < -0.39 is 22.1 Å². The Bertz CT molecular complexity index is 824. The molecule has 0 saturated carbocycles. The van der Waals surface area contributed by atoms with Crippen LogP contribution in [-0.2, 0) is 10.0 Å². The lowest BCUT2D eigenvalue weighted by atomic mass is 10.2. The molecule has 0 unspecified atom stereocenters. The Hall–Kier alpha value is -2.73. The van der Waals surface area contributed by atoms with Crippen LogP contribution in [0.15, 0.2) is 53.4 Å². The maximum Gasteiger partial charge on any atom is 0.573 e. The van der Waals surface area contributed by atoms with Gasteiger partial charge in [-0.05, 0) is 48.5 Å². The molecular weight excluding hydrogens is 333 g/mol. The van der Waals surface area contributed by atoms with Crippen LogP contribution in [0.3, 0.4) is 0 Å². The van der Waals surface area contributed by atoms with Crippen LogP contribution in [0.1, 0.15) is 5.56 Å². The predicted molar refractivity (Wildman–Crippen MR) is 75.1 cm³/mol. The Morgan fingerprint density at radius 2 is 1.57 bits per heavy atom. The van der Waals surface area contributed by atoms with Crippen LogP contribution in [0.5, 0.6) is 5.75 Å². The smallest absolute Gasteiger partial charge is 0.406 e. The van der Waals surface area contributed by atoms with Crippen molar-refractivity contribution in [2.24, 2.45) is 0 Å². The first-order chi connectivity index (χ1) is 10.7. The zero-order chi connectivity index (χ0) is 17.1. The monoisotopic (exact) mass is 342 g/mol. The minimum Gasteiger partial charge on any atom is -0.406 e. The molecule has 0 saturated heterocycles. The maximum absolute atomic E-state index is 12.1. The van der Waals surface area contributed by atoms with Crippen LogP contribution in [0, 0.1) is 11.3 Å². The van der Waals surface area contributed by atoms with Crippen molar-refractivity contribution in [1.29, 1.82) is 5.26 Å².